The third-order valence-electron chi connectivity index (χ3n) is 4.91. The number of aliphatic hydroxyl groups is 1. The Bertz CT molecular complexity index is 522. The number of nitrogens with zero attached hydrogens (tertiary/aromatic N) is 2. The molecule has 5 nitrogen and oxygen atoms in total. The summed E-state index contributed by atoms with van der Waals surface area (Å²) in [5, 5.41) is 12.1. The number of urea groups is 1. The molecular formula is C19H29N3O2. The Labute approximate surface area is 144 Å². The van der Waals surface area contributed by atoms with Gasteiger partial charge in [0, 0.05) is 25.7 Å². The van der Waals surface area contributed by atoms with Crippen LogP contribution in [0.5, 0.6) is 0 Å². The zero-order chi connectivity index (χ0) is 16.8. The predicted octanol–water partition coefficient (Wildman–Crippen LogP) is 2.34. The number of likely N-dealkylation sites (tertiary alicyclic amines) is 1. The Morgan fingerprint density at radius 2 is 1.79 bits per heavy atom. The molecule has 0 bridgehead atoms. The van der Waals surface area contributed by atoms with E-state index in [1.165, 1.54) is 37.9 Å². The van der Waals surface area contributed by atoms with Crippen LogP contribution in [0.15, 0.2) is 24.3 Å². The lowest BCUT2D eigenvalue weighted by Crippen LogP contribution is -2.42. The quantitative estimate of drug-likeness (QED) is 0.806. The molecule has 1 heterocycles. The summed E-state index contributed by atoms with van der Waals surface area (Å²) in [6, 6.07) is 8.80. The van der Waals surface area contributed by atoms with Gasteiger partial charge in [0.1, 0.15) is 0 Å². The van der Waals surface area contributed by atoms with Crippen LogP contribution >= 0.6 is 0 Å². The molecule has 132 valence electrons. The van der Waals surface area contributed by atoms with Gasteiger partial charge in [-0.15, -0.1) is 0 Å². The van der Waals surface area contributed by atoms with Gasteiger partial charge in [0.05, 0.1) is 6.61 Å². The molecule has 1 saturated carbocycles. The first-order valence-electron chi connectivity index (χ1n) is 9.22. The van der Waals surface area contributed by atoms with Crippen LogP contribution in [0.2, 0.25) is 0 Å². The van der Waals surface area contributed by atoms with E-state index in [0.29, 0.717) is 19.1 Å². The van der Waals surface area contributed by atoms with Gasteiger partial charge >= 0.3 is 6.03 Å². The summed E-state index contributed by atoms with van der Waals surface area (Å²) in [6.45, 7) is 4.43. The van der Waals surface area contributed by atoms with E-state index in [1.54, 1.807) is 4.90 Å². The first kappa shape index (κ1) is 17.2. The molecule has 5 heteroatoms. The zero-order valence-corrected chi connectivity index (χ0v) is 14.4. The summed E-state index contributed by atoms with van der Waals surface area (Å²) in [5.74, 6) is 0. The van der Waals surface area contributed by atoms with E-state index in [2.05, 4.69) is 34.5 Å². The lowest BCUT2D eigenvalue weighted by molar-refractivity contribution is 0.173. The molecule has 0 spiro atoms. The number of nitrogens with one attached hydrogen (secondary N) is 1. The molecule has 2 amide bonds. The molecule has 0 atom stereocenters. The molecule has 1 aliphatic heterocycles. The van der Waals surface area contributed by atoms with E-state index < -0.39 is 0 Å². The van der Waals surface area contributed by atoms with Crippen LogP contribution in [0.1, 0.15) is 43.2 Å². The number of benzene rings is 1. The molecule has 1 aromatic rings. The number of carbonyl (C=O) groups is 1. The maximum absolute atomic E-state index is 12.2. The minimum atomic E-state index is -0.0658. The maximum Gasteiger partial charge on any atom is 0.317 e. The summed E-state index contributed by atoms with van der Waals surface area (Å²) in [5.41, 5.74) is 2.46. The molecule has 0 aromatic heterocycles. The largest absolute Gasteiger partial charge is 0.395 e. The third kappa shape index (κ3) is 4.95. The third-order valence-corrected chi connectivity index (χ3v) is 4.91. The van der Waals surface area contributed by atoms with Crippen LogP contribution < -0.4 is 5.32 Å². The lowest BCUT2D eigenvalue weighted by Gasteiger charge is -2.26. The highest BCUT2D eigenvalue weighted by molar-refractivity contribution is 5.74. The minimum Gasteiger partial charge on any atom is -0.395 e. The van der Waals surface area contributed by atoms with Gasteiger partial charge in [-0.05, 0) is 49.9 Å². The fraction of sp³-hybridized carbons (Fsp3) is 0.632. The highest BCUT2D eigenvalue weighted by Crippen LogP contribution is 2.26. The van der Waals surface area contributed by atoms with Crippen LogP contribution in [-0.4, -0.2) is 53.2 Å². The molecule has 1 aliphatic carbocycles. The summed E-state index contributed by atoms with van der Waals surface area (Å²) >= 11 is 0. The molecule has 2 N–H and O–H groups in total. The second kappa shape index (κ2) is 8.49. The lowest BCUT2D eigenvalue weighted by atomic mass is 10.1. The van der Waals surface area contributed by atoms with Crippen molar-refractivity contribution >= 4 is 6.03 Å². The van der Waals surface area contributed by atoms with Crippen molar-refractivity contribution in [2.75, 3.05) is 26.2 Å². The standard InChI is InChI=1S/C19H29N3O2/c23-13-12-22(18-8-9-18)19(24)20-14-16-4-6-17(7-5-16)15-21-10-2-1-3-11-21/h4-7,18,23H,1-3,8-15H2,(H,20,24). The van der Waals surface area contributed by atoms with Crippen LogP contribution in [0.25, 0.3) is 0 Å². The van der Waals surface area contributed by atoms with Gasteiger partial charge in [-0.2, -0.15) is 0 Å². The number of carbonyl (C=O) groups excluding carboxylic acids is 1. The number of hydrogen-bond acceptors (Lipinski definition) is 3. The summed E-state index contributed by atoms with van der Waals surface area (Å²) in [4.78, 5) is 16.5. The topological polar surface area (TPSA) is 55.8 Å². The van der Waals surface area contributed by atoms with E-state index in [1.807, 2.05) is 0 Å². The second-order valence-electron chi connectivity index (χ2n) is 6.96. The van der Waals surface area contributed by atoms with Crippen LogP contribution in [-0.2, 0) is 13.1 Å². The van der Waals surface area contributed by atoms with Crippen LogP contribution in [0.4, 0.5) is 4.79 Å². The van der Waals surface area contributed by atoms with Gasteiger partial charge in [0.2, 0.25) is 0 Å². The first-order chi connectivity index (χ1) is 11.8. The van der Waals surface area contributed by atoms with E-state index in [9.17, 15) is 4.79 Å². The number of amides is 2. The van der Waals surface area contributed by atoms with Crippen LogP contribution in [0, 0.1) is 0 Å². The van der Waals surface area contributed by atoms with Gasteiger partial charge in [-0.25, -0.2) is 4.79 Å². The number of rotatable bonds is 7. The number of piperidine rings is 1. The van der Waals surface area contributed by atoms with E-state index >= 15 is 0 Å². The Morgan fingerprint density at radius 1 is 1.12 bits per heavy atom. The molecule has 2 fully saturated rings. The van der Waals surface area contributed by atoms with Gasteiger partial charge in [-0.1, -0.05) is 30.7 Å². The molecule has 0 radical (unpaired) electrons. The average molecular weight is 331 g/mol. The van der Waals surface area contributed by atoms with Crippen molar-refractivity contribution in [1.29, 1.82) is 0 Å². The van der Waals surface area contributed by atoms with Crippen molar-refractivity contribution in [3.63, 3.8) is 0 Å². The minimum absolute atomic E-state index is 0.0229. The summed E-state index contributed by atoms with van der Waals surface area (Å²) < 4.78 is 0. The van der Waals surface area contributed by atoms with E-state index in [0.717, 1.165) is 24.9 Å². The van der Waals surface area contributed by atoms with Crippen molar-refractivity contribution in [2.24, 2.45) is 0 Å². The average Bonchev–Trinajstić information content (AvgIpc) is 3.44. The Morgan fingerprint density at radius 3 is 2.42 bits per heavy atom. The van der Waals surface area contributed by atoms with E-state index in [-0.39, 0.29) is 12.6 Å². The highest BCUT2D eigenvalue weighted by Gasteiger charge is 2.31. The fourth-order valence-corrected chi connectivity index (χ4v) is 3.36. The predicted molar refractivity (Wildman–Crippen MR) is 94.6 cm³/mol. The molecule has 2 aliphatic rings. The normalized spacial score (nSPS) is 18.4. The summed E-state index contributed by atoms with van der Waals surface area (Å²) in [7, 11) is 0. The van der Waals surface area contributed by atoms with Gasteiger partial charge in [0.25, 0.3) is 0 Å². The SMILES string of the molecule is O=C(NCc1ccc(CN2CCCCC2)cc1)N(CCO)C1CC1. The maximum atomic E-state index is 12.2. The van der Waals surface area contributed by atoms with Gasteiger partial charge in [-0.3, -0.25) is 4.90 Å². The molecule has 1 saturated heterocycles. The van der Waals surface area contributed by atoms with E-state index in [4.69, 9.17) is 5.11 Å². The first-order valence-corrected chi connectivity index (χ1v) is 9.22. The van der Waals surface area contributed by atoms with Gasteiger partial charge < -0.3 is 15.3 Å². The second-order valence-corrected chi connectivity index (χ2v) is 6.96. The van der Waals surface area contributed by atoms with Crippen molar-refractivity contribution in [1.82, 2.24) is 15.1 Å². The Balaban J connectivity index is 1.46. The Kier molecular flexibility index (Phi) is 6.10. The highest BCUT2D eigenvalue weighted by atomic mass is 16.3. The van der Waals surface area contributed by atoms with Crippen molar-refractivity contribution < 1.29 is 9.90 Å². The van der Waals surface area contributed by atoms with Crippen molar-refractivity contribution in [3.05, 3.63) is 35.4 Å². The number of aliphatic hydroxyl groups excluding tert-OH is 1. The molecule has 24 heavy (non-hydrogen) atoms. The number of hydrogen-bond donors (Lipinski definition) is 2. The Hall–Kier alpha value is -1.59. The van der Waals surface area contributed by atoms with Gasteiger partial charge in [0.15, 0.2) is 0 Å². The molecule has 3 rings (SSSR count). The molecule has 0 unspecified atom stereocenters. The molecular weight excluding hydrogens is 302 g/mol. The summed E-state index contributed by atoms with van der Waals surface area (Å²) in [6.07, 6.45) is 6.10. The van der Waals surface area contributed by atoms with Crippen LogP contribution in [0.3, 0.4) is 0 Å². The van der Waals surface area contributed by atoms with Crippen molar-refractivity contribution in [2.45, 2.75) is 51.2 Å². The zero-order valence-electron chi connectivity index (χ0n) is 14.4. The fourth-order valence-electron chi connectivity index (χ4n) is 3.36. The van der Waals surface area contributed by atoms with Crippen molar-refractivity contribution in [3.8, 4) is 0 Å². The monoisotopic (exact) mass is 331 g/mol. The smallest absolute Gasteiger partial charge is 0.317 e. The molecule has 1 aromatic carbocycles.